The third-order valence-corrected chi connectivity index (χ3v) is 2.88. The molecule has 0 aliphatic carbocycles. The molecule has 0 aliphatic heterocycles. The van der Waals surface area contributed by atoms with Crippen molar-refractivity contribution >= 4 is 0 Å². The van der Waals surface area contributed by atoms with E-state index in [1.54, 1.807) is 19.1 Å². The van der Waals surface area contributed by atoms with Gasteiger partial charge in [0.1, 0.15) is 0 Å². The van der Waals surface area contributed by atoms with Gasteiger partial charge in [-0.3, -0.25) is 0 Å². The van der Waals surface area contributed by atoms with E-state index in [1.165, 1.54) is 19.9 Å². The highest BCUT2D eigenvalue weighted by molar-refractivity contribution is 5.38. The Balaban J connectivity index is 3.08. The van der Waals surface area contributed by atoms with Crippen molar-refractivity contribution in [3.63, 3.8) is 0 Å². The molecule has 0 amide bonds. The van der Waals surface area contributed by atoms with Gasteiger partial charge in [0.05, 0.1) is 17.0 Å². The molecule has 4 heteroatoms. The number of alkyl halides is 3. The Morgan fingerprint density at radius 1 is 1.24 bits per heavy atom. The fourth-order valence-corrected chi connectivity index (χ4v) is 1.51. The Morgan fingerprint density at radius 2 is 1.82 bits per heavy atom. The summed E-state index contributed by atoms with van der Waals surface area (Å²) >= 11 is 0. The van der Waals surface area contributed by atoms with Crippen LogP contribution < -0.4 is 0 Å². The maximum absolute atomic E-state index is 12.8. The lowest BCUT2D eigenvalue weighted by molar-refractivity contribution is -0.211. The van der Waals surface area contributed by atoms with Crippen LogP contribution in [0.5, 0.6) is 0 Å². The third kappa shape index (κ3) is 3.00. The molecule has 0 fully saturated rings. The summed E-state index contributed by atoms with van der Waals surface area (Å²) in [7, 11) is 0. The van der Waals surface area contributed by atoms with Crippen LogP contribution in [0, 0.1) is 23.7 Å². The molecule has 1 rings (SSSR count). The van der Waals surface area contributed by atoms with E-state index in [2.05, 4.69) is 0 Å². The van der Waals surface area contributed by atoms with Crippen molar-refractivity contribution in [2.75, 3.05) is 0 Å². The van der Waals surface area contributed by atoms with Crippen molar-refractivity contribution < 1.29 is 13.2 Å². The molecule has 0 atom stereocenters. The van der Waals surface area contributed by atoms with Gasteiger partial charge in [-0.2, -0.15) is 18.4 Å². The molecular weight excluding hydrogens is 227 g/mol. The molecule has 1 nitrogen and oxygen atoms in total. The lowest BCUT2D eigenvalue weighted by Gasteiger charge is -2.28. The fourth-order valence-electron chi connectivity index (χ4n) is 1.51. The number of halogens is 3. The molecule has 0 unspecified atom stereocenters. The first-order chi connectivity index (χ1) is 7.67. The van der Waals surface area contributed by atoms with Crippen LogP contribution in [-0.2, 0) is 6.42 Å². The molecule has 0 saturated carbocycles. The smallest absolute Gasteiger partial charge is 0.192 e. The number of nitriles is 1. The summed E-state index contributed by atoms with van der Waals surface area (Å²) in [5.41, 5.74) is -0.0393. The lowest BCUT2D eigenvalue weighted by atomic mass is 9.83. The SMILES string of the molecule is Cc1ccc(C#N)cc1CC(C)(C)C(F)(F)F. The van der Waals surface area contributed by atoms with Gasteiger partial charge in [0.25, 0.3) is 0 Å². The van der Waals surface area contributed by atoms with Gasteiger partial charge in [-0.15, -0.1) is 0 Å². The van der Waals surface area contributed by atoms with Crippen molar-refractivity contribution in [1.29, 1.82) is 5.26 Å². The van der Waals surface area contributed by atoms with Crippen LogP contribution in [0.4, 0.5) is 13.2 Å². The van der Waals surface area contributed by atoms with Crippen LogP contribution in [0.15, 0.2) is 18.2 Å². The van der Waals surface area contributed by atoms with Gasteiger partial charge in [0.2, 0.25) is 0 Å². The normalized spacial score (nSPS) is 12.3. The van der Waals surface area contributed by atoms with Crippen molar-refractivity contribution in [2.24, 2.45) is 5.41 Å². The van der Waals surface area contributed by atoms with E-state index >= 15 is 0 Å². The summed E-state index contributed by atoms with van der Waals surface area (Å²) in [6.07, 6.45) is -4.36. The molecule has 1 aromatic rings. The van der Waals surface area contributed by atoms with Gasteiger partial charge in [-0.05, 0) is 36.6 Å². The van der Waals surface area contributed by atoms with E-state index in [0.717, 1.165) is 5.56 Å². The van der Waals surface area contributed by atoms with Crippen LogP contribution >= 0.6 is 0 Å². The standard InChI is InChI=1S/C13H14F3N/c1-9-4-5-10(8-17)6-11(9)7-12(2,3)13(14,15)16/h4-6H,7H2,1-3H3. The van der Waals surface area contributed by atoms with Crippen molar-refractivity contribution in [3.8, 4) is 6.07 Å². The molecule has 0 N–H and O–H groups in total. The Labute approximate surface area is 98.9 Å². The summed E-state index contributed by atoms with van der Waals surface area (Å²) in [6, 6.07) is 6.76. The predicted octanol–water partition coefficient (Wildman–Crippen LogP) is 4.00. The fraction of sp³-hybridized carbons (Fsp3) is 0.462. The quantitative estimate of drug-likeness (QED) is 0.767. The summed E-state index contributed by atoms with van der Waals surface area (Å²) in [4.78, 5) is 0. The number of hydrogen-bond acceptors (Lipinski definition) is 1. The van der Waals surface area contributed by atoms with Gasteiger partial charge < -0.3 is 0 Å². The predicted molar refractivity (Wildman–Crippen MR) is 59.4 cm³/mol. The minimum absolute atomic E-state index is 0.113. The van der Waals surface area contributed by atoms with E-state index in [4.69, 9.17) is 5.26 Å². The number of rotatable bonds is 2. The average molecular weight is 241 g/mol. The summed E-state index contributed by atoms with van der Waals surface area (Å²) in [6.45, 7) is 4.10. The minimum atomic E-state index is -4.25. The average Bonchev–Trinajstić information content (AvgIpc) is 2.19. The molecule has 0 aliphatic rings. The number of aryl methyl sites for hydroxylation is 1. The van der Waals surface area contributed by atoms with Gasteiger partial charge in [0.15, 0.2) is 0 Å². The largest absolute Gasteiger partial charge is 0.394 e. The zero-order valence-electron chi connectivity index (χ0n) is 10.0. The van der Waals surface area contributed by atoms with E-state index in [9.17, 15) is 13.2 Å². The van der Waals surface area contributed by atoms with Crippen molar-refractivity contribution in [3.05, 3.63) is 34.9 Å². The first-order valence-corrected chi connectivity index (χ1v) is 5.24. The Morgan fingerprint density at radius 3 is 2.29 bits per heavy atom. The van der Waals surface area contributed by atoms with E-state index in [-0.39, 0.29) is 6.42 Å². The second kappa shape index (κ2) is 4.40. The molecule has 92 valence electrons. The first-order valence-electron chi connectivity index (χ1n) is 5.24. The second-order valence-electron chi connectivity index (χ2n) is 4.81. The Kier molecular flexibility index (Phi) is 3.51. The van der Waals surface area contributed by atoms with Gasteiger partial charge in [-0.1, -0.05) is 19.9 Å². The molecule has 0 bridgehead atoms. The highest BCUT2D eigenvalue weighted by Crippen LogP contribution is 2.40. The van der Waals surface area contributed by atoms with Crippen LogP contribution in [0.25, 0.3) is 0 Å². The molecule has 1 aromatic carbocycles. The van der Waals surface area contributed by atoms with Crippen LogP contribution in [0.1, 0.15) is 30.5 Å². The number of hydrogen-bond donors (Lipinski definition) is 0. The summed E-state index contributed by atoms with van der Waals surface area (Å²) in [5.74, 6) is 0. The summed E-state index contributed by atoms with van der Waals surface area (Å²) in [5, 5.41) is 8.74. The molecular formula is C13H14F3N. The Bertz CT molecular complexity index is 453. The lowest BCUT2D eigenvalue weighted by Crippen LogP contribution is -2.34. The van der Waals surface area contributed by atoms with Crippen molar-refractivity contribution in [2.45, 2.75) is 33.4 Å². The first kappa shape index (κ1) is 13.6. The van der Waals surface area contributed by atoms with E-state index in [0.29, 0.717) is 11.1 Å². The maximum atomic E-state index is 12.8. The zero-order chi connectivity index (χ0) is 13.3. The number of benzene rings is 1. The molecule has 0 spiro atoms. The third-order valence-electron chi connectivity index (χ3n) is 2.88. The van der Waals surface area contributed by atoms with Gasteiger partial charge in [0, 0.05) is 0 Å². The molecule has 0 saturated heterocycles. The van der Waals surface area contributed by atoms with Crippen LogP contribution in [0.2, 0.25) is 0 Å². The summed E-state index contributed by atoms with van der Waals surface area (Å²) < 4.78 is 38.3. The zero-order valence-corrected chi connectivity index (χ0v) is 10.0. The van der Waals surface area contributed by atoms with Crippen LogP contribution in [0.3, 0.4) is 0 Å². The second-order valence-corrected chi connectivity index (χ2v) is 4.81. The topological polar surface area (TPSA) is 23.8 Å². The number of nitrogens with zero attached hydrogens (tertiary/aromatic N) is 1. The highest BCUT2D eigenvalue weighted by atomic mass is 19.4. The Hall–Kier alpha value is -1.50. The van der Waals surface area contributed by atoms with Crippen LogP contribution in [-0.4, -0.2) is 6.18 Å². The molecule has 0 heterocycles. The van der Waals surface area contributed by atoms with Crippen molar-refractivity contribution in [1.82, 2.24) is 0 Å². The molecule has 0 aromatic heterocycles. The molecule has 17 heavy (non-hydrogen) atoms. The highest BCUT2D eigenvalue weighted by Gasteiger charge is 2.47. The van der Waals surface area contributed by atoms with E-state index in [1.807, 2.05) is 6.07 Å². The minimum Gasteiger partial charge on any atom is -0.192 e. The van der Waals surface area contributed by atoms with Gasteiger partial charge in [-0.25, -0.2) is 0 Å². The monoisotopic (exact) mass is 241 g/mol. The molecule has 0 radical (unpaired) electrons. The van der Waals surface area contributed by atoms with E-state index < -0.39 is 11.6 Å². The van der Waals surface area contributed by atoms with Gasteiger partial charge >= 0.3 is 6.18 Å². The maximum Gasteiger partial charge on any atom is 0.394 e.